The van der Waals surface area contributed by atoms with E-state index in [1.165, 1.54) is 12.1 Å². The average molecular weight is 306 g/mol. The average Bonchev–Trinajstić information content (AvgIpc) is 2.94. The number of hydrogen-bond donors (Lipinski definition) is 1. The Balaban J connectivity index is 2.10. The van der Waals surface area contributed by atoms with Crippen molar-refractivity contribution in [3.8, 4) is 11.3 Å². The van der Waals surface area contributed by atoms with E-state index in [1.54, 1.807) is 19.4 Å². The van der Waals surface area contributed by atoms with E-state index in [-0.39, 0.29) is 0 Å². The van der Waals surface area contributed by atoms with Crippen LogP contribution in [0, 0.1) is 0 Å². The first-order chi connectivity index (χ1) is 10.5. The summed E-state index contributed by atoms with van der Waals surface area (Å²) in [7, 11) is 1.80. The Morgan fingerprint density at radius 2 is 1.91 bits per heavy atom. The Kier molecular flexibility index (Phi) is 3.58. The molecule has 1 aromatic carbocycles. The molecule has 0 spiro atoms. The number of imidazole rings is 1. The van der Waals surface area contributed by atoms with Gasteiger partial charge in [0.25, 0.3) is 0 Å². The molecule has 0 saturated carbocycles. The number of alkyl halides is 3. The van der Waals surface area contributed by atoms with Gasteiger partial charge in [-0.25, -0.2) is 9.97 Å². The van der Waals surface area contributed by atoms with Crippen LogP contribution in [0.2, 0.25) is 0 Å². The van der Waals surface area contributed by atoms with Gasteiger partial charge in [-0.15, -0.1) is 0 Å². The summed E-state index contributed by atoms with van der Waals surface area (Å²) in [4.78, 5) is 8.72. The molecule has 2 aromatic heterocycles. The first-order valence-corrected chi connectivity index (χ1v) is 6.64. The lowest BCUT2D eigenvalue weighted by Gasteiger charge is -2.09. The summed E-state index contributed by atoms with van der Waals surface area (Å²) in [6.07, 6.45) is 0.909. The largest absolute Gasteiger partial charge is 0.416 e. The van der Waals surface area contributed by atoms with Crippen molar-refractivity contribution in [3.63, 3.8) is 0 Å². The van der Waals surface area contributed by atoms with Crippen LogP contribution in [0.5, 0.6) is 0 Å². The maximum Gasteiger partial charge on any atom is 0.416 e. The zero-order chi connectivity index (χ0) is 15.7. The number of fused-ring (bicyclic) bond motifs is 1. The van der Waals surface area contributed by atoms with Gasteiger partial charge in [-0.05, 0) is 19.2 Å². The summed E-state index contributed by atoms with van der Waals surface area (Å²) in [6, 6.07) is 4.95. The minimum absolute atomic E-state index is 0.557. The van der Waals surface area contributed by atoms with E-state index in [4.69, 9.17) is 0 Å². The maximum atomic E-state index is 12.6. The maximum absolute atomic E-state index is 12.6. The summed E-state index contributed by atoms with van der Waals surface area (Å²) in [5.74, 6) is 0. The van der Waals surface area contributed by atoms with Crippen LogP contribution in [-0.2, 0) is 12.7 Å². The standard InChI is InChI=1S/C15H13F3N4/c1-19-8-12-9-22-7-6-20-14(22)13(21-12)10-2-4-11(5-3-10)15(16,17)18/h2-7,9,19H,8H2,1H3. The number of rotatable bonds is 3. The summed E-state index contributed by atoms with van der Waals surface area (Å²) in [5.41, 5.74) is 1.87. The normalized spacial score (nSPS) is 12.0. The Bertz CT molecular complexity index is 791. The Morgan fingerprint density at radius 1 is 1.18 bits per heavy atom. The van der Waals surface area contributed by atoms with Gasteiger partial charge in [-0.3, -0.25) is 0 Å². The van der Waals surface area contributed by atoms with Crippen LogP contribution in [0.3, 0.4) is 0 Å². The van der Waals surface area contributed by atoms with E-state index in [0.717, 1.165) is 17.8 Å². The number of nitrogens with zero attached hydrogens (tertiary/aromatic N) is 3. The zero-order valence-corrected chi connectivity index (χ0v) is 11.7. The minimum atomic E-state index is -4.34. The number of benzene rings is 1. The predicted molar refractivity (Wildman–Crippen MR) is 76.2 cm³/mol. The van der Waals surface area contributed by atoms with Crippen molar-refractivity contribution < 1.29 is 13.2 Å². The van der Waals surface area contributed by atoms with Gasteiger partial charge in [0.15, 0.2) is 5.65 Å². The minimum Gasteiger partial charge on any atom is -0.314 e. The molecule has 3 rings (SSSR count). The highest BCUT2D eigenvalue weighted by atomic mass is 19.4. The van der Waals surface area contributed by atoms with E-state index in [2.05, 4.69) is 15.3 Å². The smallest absolute Gasteiger partial charge is 0.314 e. The molecule has 0 radical (unpaired) electrons. The number of hydrogen-bond acceptors (Lipinski definition) is 3. The van der Waals surface area contributed by atoms with E-state index in [0.29, 0.717) is 23.4 Å². The van der Waals surface area contributed by atoms with Gasteiger partial charge in [-0.2, -0.15) is 13.2 Å². The van der Waals surface area contributed by atoms with Gasteiger partial charge < -0.3 is 9.72 Å². The van der Waals surface area contributed by atoms with E-state index in [1.807, 2.05) is 10.6 Å². The molecule has 0 bridgehead atoms. The monoisotopic (exact) mass is 306 g/mol. The molecule has 0 aliphatic rings. The van der Waals surface area contributed by atoms with E-state index >= 15 is 0 Å². The second-order valence-corrected chi connectivity index (χ2v) is 4.84. The van der Waals surface area contributed by atoms with Crippen molar-refractivity contribution in [1.82, 2.24) is 19.7 Å². The number of aromatic nitrogens is 3. The zero-order valence-electron chi connectivity index (χ0n) is 11.7. The molecule has 3 aromatic rings. The quantitative estimate of drug-likeness (QED) is 0.808. The Morgan fingerprint density at radius 3 is 2.55 bits per heavy atom. The highest BCUT2D eigenvalue weighted by Gasteiger charge is 2.30. The van der Waals surface area contributed by atoms with Crippen molar-refractivity contribution in [1.29, 1.82) is 0 Å². The molecule has 0 amide bonds. The molecule has 2 heterocycles. The lowest BCUT2D eigenvalue weighted by Crippen LogP contribution is -2.09. The summed E-state index contributed by atoms with van der Waals surface area (Å²) >= 11 is 0. The second kappa shape index (κ2) is 5.42. The van der Waals surface area contributed by atoms with Crippen LogP contribution in [0.25, 0.3) is 16.9 Å². The number of nitrogens with one attached hydrogen (secondary N) is 1. The summed E-state index contributed by atoms with van der Waals surface area (Å²) in [6.45, 7) is 0.557. The van der Waals surface area contributed by atoms with Crippen LogP contribution in [0.4, 0.5) is 13.2 Å². The molecular weight excluding hydrogens is 293 g/mol. The first-order valence-electron chi connectivity index (χ1n) is 6.64. The summed E-state index contributed by atoms with van der Waals surface area (Å²) < 4.78 is 39.8. The first kappa shape index (κ1) is 14.5. The van der Waals surface area contributed by atoms with Gasteiger partial charge in [0.2, 0.25) is 0 Å². The van der Waals surface area contributed by atoms with E-state index < -0.39 is 11.7 Å². The van der Waals surface area contributed by atoms with Gasteiger partial charge in [-0.1, -0.05) is 12.1 Å². The highest BCUT2D eigenvalue weighted by Crippen LogP contribution is 2.31. The van der Waals surface area contributed by atoms with Gasteiger partial charge in [0, 0.05) is 30.7 Å². The van der Waals surface area contributed by atoms with Crippen molar-refractivity contribution in [2.24, 2.45) is 0 Å². The molecule has 0 unspecified atom stereocenters. The SMILES string of the molecule is CNCc1cn2ccnc2c(-c2ccc(C(F)(F)F)cc2)n1. The summed E-state index contributed by atoms with van der Waals surface area (Å²) in [5, 5.41) is 3.00. The van der Waals surface area contributed by atoms with Crippen LogP contribution in [-0.4, -0.2) is 21.4 Å². The van der Waals surface area contributed by atoms with Crippen molar-refractivity contribution in [3.05, 3.63) is 54.1 Å². The second-order valence-electron chi connectivity index (χ2n) is 4.84. The van der Waals surface area contributed by atoms with Crippen molar-refractivity contribution >= 4 is 5.65 Å². The van der Waals surface area contributed by atoms with Crippen LogP contribution < -0.4 is 5.32 Å². The third-order valence-corrected chi connectivity index (χ3v) is 3.27. The fourth-order valence-electron chi connectivity index (χ4n) is 2.26. The van der Waals surface area contributed by atoms with Crippen molar-refractivity contribution in [2.45, 2.75) is 12.7 Å². The molecule has 0 fully saturated rings. The molecule has 7 heteroatoms. The molecule has 0 aliphatic carbocycles. The lowest BCUT2D eigenvalue weighted by molar-refractivity contribution is -0.137. The van der Waals surface area contributed by atoms with Crippen molar-refractivity contribution in [2.75, 3.05) is 7.05 Å². The Hall–Kier alpha value is -2.41. The third kappa shape index (κ3) is 2.67. The molecule has 0 saturated heterocycles. The molecule has 114 valence electrons. The third-order valence-electron chi connectivity index (χ3n) is 3.27. The lowest BCUT2D eigenvalue weighted by atomic mass is 10.1. The molecule has 0 atom stereocenters. The van der Waals surface area contributed by atoms with Crippen LogP contribution in [0.15, 0.2) is 42.9 Å². The van der Waals surface area contributed by atoms with Gasteiger partial charge in [0.1, 0.15) is 5.69 Å². The van der Waals surface area contributed by atoms with Gasteiger partial charge >= 0.3 is 6.18 Å². The van der Waals surface area contributed by atoms with E-state index in [9.17, 15) is 13.2 Å². The van der Waals surface area contributed by atoms with Gasteiger partial charge in [0.05, 0.1) is 11.3 Å². The molecule has 1 N–H and O–H groups in total. The predicted octanol–water partition coefficient (Wildman–Crippen LogP) is 3.13. The fraction of sp³-hybridized carbons (Fsp3) is 0.200. The fourth-order valence-corrected chi connectivity index (χ4v) is 2.26. The molecule has 22 heavy (non-hydrogen) atoms. The van der Waals surface area contributed by atoms with Crippen LogP contribution in [0.1, 0.15) is 11.3 Å². The molecular formula is C15H13F3N4. The Labute approximate surface area is 124 Å². The molecule has 4 nitrogen and oxygen atoms in total. The topological polar surface area (TPSA) is 42.2 Å². The highest BCUT2D eigenvalue weighted by molar-refractivity contribution is 5.74. The van der Waals surface area contributed by atoms with Crippen LogP contribution >= 0.6 is 0 Å². The number of halogens is 3. The molecule has 0 aliphatic heterocycles.